The minimum absolute atomic E-state index is 0.0398. The van der Waals surface area contributed by atoms with Crippen molar-refractivity contribution in [3.63, 3.8) is 0 Å². The molecule has 336 valence electrons. The number of methoxy groups -OCH3 is 1. The number of hydrogen-bond donors (Lipinski definition) is 1. The van der Waals surface area contributed by atoms with Crippen molar-refractivity contribution in [2.75, 3.05) is 51.3 Å². The first-order chi connectivity index (χ1) is 30.6. The zero-order chi connectivity index (χ0) is 45.7. The first-order valence-electron chi connectivity index (χ1n) is 21.8. The highest BCUT2D eigenvalue weighted by Crippen LogP contribution is 2.34. The lowest BCUT2D eigenvalue weighted by Crippen LogP contribution is -2.50. The Hall–Kier alpha value is -6.41. The second-order valence-corrected chi connectivity index (χ2v) is 18.5. The van der Waals surface area contributed by atoms with E-state index in [-0.39, 0.29) is 34.8 Å². The summed E-state index contributed by atoms with van der Waals surface area (Å²) in [6.45, 7) is 12.8. The van der Waals surface area contributed by atoms with Crippen molar-refractivity contribution in [1.82, 2.24) is 19.7 Å². The normalized spacial score (nSPS) is 13.0. The number of carbonyl (C=O) groups is 4. The summed E-state index contributed by atoms with van der Waals surface area (Å²) >= 11 is 1.30. The first-order valence-corrected chi connectivity index (χ1v) is 22.6. The largest absolute Gasteiger partial charge is 0.465 e. The number of pyridine rings is 1. The van der Waals surface area contributed by atoms with Gasteiger partial charge in [-0.05, 0) is 106 Å². The average molecular weight is 888 g/mol. The number of rotatable bonds is 14. The molecule has 0 aliphatic carbocycles. The second kappa shape index (κ2) is 19.5. The van der Waals surface area contributed by atoms with Crippen LogP contribution >= 0.6 is 11.3 Å². The highest BCUT2D eigenvalue weighted by Gasteiger charge is 2.30. The predicted molar refractivity (Wildman–Crippen MR) is 252 cm³/mol. The number of piperazine rings is 1. The van der Waals surface area contributed by atoms with E-state index in [0.29, 0.717) is 73.6 Å². The van der Waals surface area contributed by atoms with Crippen molar-refractivity contribution < 1.29 is 33.1 Å². The summed E-state index contributed by atoms with van der Waals surface area (Å²) in [6.07, 6.45) is 4.55. The summed E-state index contributed by atoms with van der Waals surface area (Å²) < 4.78 is 19.2. The number of nitrogens with zero attached hydrogens (tertiary/aromatic N) is 4. The van der Waals surface area contributed by atoms with E-state index in [9.17, 15) is 24.0 Å². The SMILES string of the molecule is COC(=O)c1c(C(=O)N(CCCCCCNC(=O)c2cc3cc(-c4cc(C)c(=O)n(C)c4)cc(C)c3o2)Cc2ccccc2N2CCN(C(=O)OC(C)(C)C)CC2)sc2ccccc12. The van der Waals surface area contributed by atoms with E-state index < -0.39 is 11.6 Å². The van der Waals surface area contributed by atoms with Gasteiger partial charge in [-0.1, -0.05) is 49.2 Å². The van der Waals surface area contributed by atoms with E-state index in [2.05, 4.69) is 16.3 Å². The summed E-state index contributed by atoms with van der Waals surface area (Å²) in [5, 5.41) is 4.49. The molecule has 3 aromatic carbocycles. The highest BCUT2D eigenvalue weighted by atomic mass is 32.1. The van der Waals surface area contributed by atoms with Crippen LogP contribution in [0.25, 0.3) is 32.2 Å². The summed E-state index contributed by atoms with van der Waals surface area (Å²) in [5.41, 5.74) is 5.65. The third-order valence-corrected chi connectivity index (χ3v) is 12.6. The number of unbranched alkanes of at least 4 members (excludes halogenated alkanes) is 3. The van der Waals surface area contributed by atoms with E-state index in [4.69, 9.17) is 13.9 Å². The third kappa shape index (κ3) is 10.3. The molecule has 4 heterocycles. The van der Waals surface area contributed by atoms with Gasteiger partial charge in [0.15, 0.2) is 5.76 Å². The van der Waals surface area contributed by atoms with Crippen LogP contribution in [0.15, 0.2) is 88.2 Å². The molecule has 14 heteroatoms. The number of fused-ring (bicyclic) bond motifs is 2. The van der Waals surface area contributed by atoms with Crippen LogP contribution in [0.1, 0.15) is 93.7 Å². The molecule has 0 bridgehead atoms. The fourth-order valence-electron chi connectivity index (χ4n) is 8.22. The van der Waals surface area contributed by atoms with Gasteiger partial charge in [-0.25, -0.2) is 9.59 Å². The van der Waals surface area contributed by atoms with E-state index in [1.807, 2.05) is 99.5 Å². The summed E-state index contributed by atoms with van der Waals surface area (Å²) in [4.78, 5) is 72.3. The van der Waals surface area contributed by atoms with Crippen molar-refractivity contribution in [3.8, 4) is 11.1 Å². The Balaban J connectivity index is 1.000. The van der Waals surface area contributed by atoms with Crippen LogP contribution in [-0.4, -0.2) is 90.2 Å². The number of aryl methyl sites for hydroxylation is 3. The van der Waals surface area contributed by atoms with E-state index >= 15 is 0 Å². The number of carbonyl (C=O) groups excluding carboxylic acids is 4. The number of ether oxygens (including phenoxy) is 2. The van der Waals surface area contributed by atoms with Crippen molar-refractivity contribution in [2.24, 2.45) is 7.05 Å². The minimum atomic E-state index is -0.578. The topological polar surface area (TPSA) is 144 Å². The molecular formula is C50H57N5O8S. The maximum atomic E-state index is 14.7. The number of para-hydroxylation sites is 1. The number of benzene rings is 3. The molecule has 0 atom stereocenters. The molecule has 1 aliphatic rings. The molecular weight excluding hydrogens is 831 g/mol. The molecule has 1 fully saturated rings. The molecule has 3 amide bonds. The Morgan fingerprint density at radius 3 is 2.30 bits per heavy atom. The summed E-state index contributed by atoms with van der Waals surface area (Å²) in [6, 6.07) is 23.1. The molecule has 0 radical (unpaired) electrons. The maximum absolute atomic E-state index is 14.7. The number of anilines is 1. The van der Waals surface area contributed by atoms with Crippen LogP contribution in [0.5, 0.6) is 0 Å². The predicted octanol–water partition coefficient (Wildman–Crippen LogP) is 9.11. The van der Waals surface area contributed by atoms with Crippen molar-refractivity contribution in [2.45, 2.75) is 72.4 Å². The lowest BCUT2D eigenvalue weighted by molar-refractivity contribution is 0.0240. The lowest BCUT2D eigenvalue weighted by atomic mass is 10.0. The van der Waals surface area contributed by atoms with E-state index in [1.165, 1.54) is 18.4 Å². The number of aromatic nitrogens is 1. The number of esters is 1. The van der Waals surface area contributed by atoms with Crippen LogP contribution in [-0.2, 0) is 23.1 Å². The van der Waals surface area contributed by atoms with Gasteiger partial charge < -0.3 is 38.5 Å². The number of furan rings is 1. The Kier molecular flexibility index (Phi) is 13.9. The van der Waals surface area contributed by atoms with E-state index in [1.54, 1.807) is 29.5 Å². The van der Waals surface area contributed by atoms with Crippen LogP contribution in [0.3, 0.4) is 0 Å². The highest BCUT2D eigenvalue weighted by molar-refractivity contribution is 7.21. The van der Waals surface area contributed by atoms with Crippen LogP contribution in [0.4, 0.5) is 10.5 Å². The molecule has 1 saturated heterocycles. The first kappa shape index (κ1) is 45.6. The monoisotopic (exact) mass is 887 g/mol. The third-order valence-electron chi connectivity index (χ3n) is 11.5. The number of hydrogen-bond acceptors (Lipinski definition) is 10. The van der Waals surface area contributed by atoms with Gasteiger partial charge >= 0.3 is 12.1 Å². The molecule has 64 heavy (non-hydrogen) atoms. The van der Waals surface area contributed by atoms with Crippen LogP contribution in [0, 0.1) is 13.8 Å². The van der Waals surface area contributed by atoms with Gasteiger partial charge in [0.1, 0.15) is 16.1 Å². The average Bonchev–Trinajstić information content (AvgIpc) is 3.89. The Bertz CT molecular complexity index is 2730. The summed E-state index contributed by atoms with van der Waals surface area (Å²) in [7, 11) is 3.06. The Labute approximate surface area is 377 Å². The van der Waals surface area contributed by atoms with Crippen LogP contribution < -0.4 is 15.8 Å². The molecule has 0 unspecified atom stereocenters. The van der Waals surface area contributed by atoms with Crippen molar-refractivity contribution >= 4 is 62.0 Å². The molecule has 1 aliphatic heterocycles. The zero-order valence-corrected chi connectivity index (χ0v) is 38.6. The smallest absolute Gasteiger partial charge is 0.410 e. The molecule has 1 N–H and O–H groups in total. The standard InChI is InChI=1S/C50H57N5O8S/c1-32-26-35(37-27-33(2)46(57)52(6)30-37)28-36-29-40(62-43(32)36)45(56)51-20-14-8-9-15-21-55(47(58)44-42(48(59)61-7)38-17-11-13-19-41(38)64-44)31-34-16-10-12-18-39(34)53-22-24-54(25-23-53)49(60)63-50(3,4)5/h10-13,16-19,26-30H,8-9,14-15,20-25,31H2,1-7H3,(H,51,56). The Morgan fingerprint density at radius 2 is 1.56 bits per heavy atom. The fourth-order valence-corrected chi connectivity index (χ4v) is 9.38. The van der Waals surface area contributed by atoms with Gasteiger partial charge in [0, 0.05) is 85.8 Å². The molecule has 0 saturated carbocycles. The number of thiophene rings is 1. The van der Waals surface area contributed by atoms with Crippen molar-refractivity contribution in [3.05, 3.63) is 122 Å². The molecule has 7 rings (SSSR count). The second-order valence-electron chi connectivity index (χ2n) is 17.4. The van der Waals surface area contributed by atoms with E-state index in [0.717, 1.165) is 57.3 Å². The lowest BCUT2D eigenvalue weighted by Gasteiger charge is -2.38. The number of nitrogens with one attached hydrogen (secondary N) is 1. The van der Waals surface area contributed by atoms with Gasteiger partial charge in [0.05, 0.1) is 12.7 Å². The maximum Gasteiger partial charge on any atom is 0.410 e. The summed E-state index contributed by atoms with van der Waals surface area (Å²) in [5.74, 6) is -0.846. The van der Waals surface area contributed by atoms with Gasteiger partial charge in [0.25, 0.3) is 17.4 Å². The molecule has 6 aromatic rings. The van der Waals surface area contributed by atoms with Gasteiger partial charge in [0.2, 0.25) is 0 Å². The quantitative estimate of drug-likeness (QED) is 0.0837. The zero-order valence-electron chi connectivity index (χ0n) is 37.7. The van der Waals surface area contributed by atoms with Crippen molar-refractivity contribution in [1.29, 1.82) is 0 Å². The number of amides is 3. The fraction of sp³-hybridized carbons (Fsp3) is 0.380. The van der Waals surface area contributed by atoms with Gasteiger partial charge in [-0.3, -0.25) is 14.4 Å². The molecule has 13 nitrogen and oxygen atoms in total. The Morgan fingerprint density at radius 1 is 0.859 bits per heavy atom. The molecule has 0 spiro atoms. The molecule has 3 aromatic heterocycles. The van der Waals surface area contributed by atoms with Gasteiger partial charge in [-0.2, -0.15) is 0 Å². The minimum Gasteiger partial charge on any atom is -0.465 e. The van der Waals surface area contributed by atoms with Gasteiger partial charge in [-0.15, -0.1) is 11.3 Å². The van der Waals surface area contributed by atoms with Crippen LogP contribution in [0.2, 0.25) is 0 Å².